The molecule has 0 saturated carbocycles. The zero-order valence-electron chi connectivity index (χ0n) is 10.9. The Morgan fingerprint density at radius 1 is 1.15 bits per heavy atom. The first-order chi connectivity index (χ1) is 9.68. The molecule has 1 aromatic heterocycles. The Morgan fingerprint density at radius 3 is 2.75 bits per heavy atom. The number of amides is 1. The van der Waals surface area contributed by atoms with Gasteiger partial charge in [-0.2, -0.15) is 0 Å². The van der Waals surface area contributed by atoms with E-state index in [1.54, 1.807) is 30.6 Å². The molecule has 0 unspecified atom stereocenters. The van der Waals surface area contributed by atoms with Crippen molar-refractivity contribution in [3.05, 3.63) is 36.2 Å². The van der Waals surface area contributed by atoms with Crippen LogP contribution in [0.5, 0.6) is 0 Å². The molecule has 104 valence electrons. The van der Waals surface area contributed by atoms with E-state index in [2.05, 4.69) is 15.3 Å². The molecular weight excluding hydrogens is 258 g/mol. The summed E-state index contributed by atoms with van der Waals surface area (Å²) in [5.74, 6) is -1.04. The SMILES string of the molecule is O=C(O)CCCCNC(=O)c1cccc2nccnc12. The molecule has 0 aliphatic carbocycles. The van der Waals surface area contributed by atoms with E-state index in [1.165, 1.54) is 0 Å². The van der Waals surface area contributed by atoms with Gasteiger partial charge >= 0.3 is 5.97 Å². The Morgan fingerprint density at radius 2 is 1.95 bits per heavy atom. The van der Waals surface area contributed by atoms with Gasteiger partial charge in [-0.05, 0) is 25.0 Å². The lowest BCUT2D eigenvalue weighted by atomic mass is 10.1. The van der Waals surface area contributed by atoms with Crippen molar-refractivity contribution in [2.24, 2.45) is 0 Å². The highest BCUT2D eigenvalue weighted by molar-refractivity contribution is 6.04. The summed E-state index contributed by atoms with van der Waals surface area (Å²) in [7, 11) is 0. The maximum atomic E-state index is 12.1. The minimum atomic E-state index is -0.819. The number of carboxylic acid groups (broad SMARTS) is 1. The molecule has 2 aromatic rings. The fourth-order valence-corrected chi connectivity index (χ4v) is 1.87. The van der Waals surface area contributed by atoms with Crippen molar-refractivity contribution in [3.63, 3.8) is 0 Å². The summed E-state index contributed by atoms with van der Waals surface area (Å²) >= 11 is 0. The van der Waals surface area contributed by atoms with Crippen molar-refractivity contribution < 1.29 is 14.7 Å². The smallest absolute Gasteiger partial charge is 0.303 e. The number of rotatable bonds is 6. The summed E-state index contributed by atoms with van der Waals surface area (Å²) in [4.78, 5) is 30.7. The average molecular weight is 273 g/mol. The van der Waals surface area contributed by atoms with Crippen LogP contribution in [-0.4, -0.2) is 33.5 Å². The minimum Gasteiger partial charge on any atom is -0.481 e. The molecule has 0 fully saturated rings. The number of unbranched alkanes of at least 4 members (excludes halogenated alkanes) is 1. The zero-order valence-corrected chi connectivity index (χ0v) is 10.9. The quantitative estimate of drug-likeness (QED) is 0.780. The van der Waals surface area contributed by atoms with Crippen LogP contribution in [0.25, 0.3) is 11.0 Å². The number of hydrogen-bond donors (Lipinski definition) is 2. The van der Waals surface area contributed by atoms with E-state index in [1.807, 2.05) is 0 Å². The summed E-state index contributed by atoms with van der Waals surface area (Å²) in [6, 6.07) is 5.26. The molecule has 1 heterocycles. The Labute approximate surface area is 115 Å². The van der Waals surface area contributed by atoms with Crippen molar-refractivity contribution in [3.8, 4) is 0 Å². The second-order valence-corrected chi connectivity index (χ2v) is 4.34. The molecule has 2 N–H and O–H groups in total. The maximum Gasteiger partial charge on any atom is 0.303 e. The van der Waals surface area contributed by atoms with E-state index in [-0.39, 0.29) is 12.3 Å². The summed E-state index contributed by atoms with van der Waals surface area (Å²) in [6.45, 7) is 0.447. The van der Waals surface area contributed by atoms with Gasteiger partial charge in [-0.3, -0.25) is 19.6 Å². The Kier molecular flexibility index (Phi) is 4.60. The number of nitrogens with zero attached hydrogens (tertiary/aromatic N) is 2. The molecule has 0 aliphatic heterocycles. The Balaban J connectivity index is 1.96. The lowest BCUT2D eigenvalue weighted by Crippen LogP contribution is -2.25. The summed E-state index contributed by atoms with van der Waals surface area (Å²) < 4.78 is 0. The molecule has 20 heavy (non-hydrogen) atoms. The third kappa shape index (κ3) is 3.50. The number of para-hydroxylation sites is 1. The fourth-order valence-electron chi connectivity index (χ4n) is 1.87. The van der Waals surface area contributed by atoms with Crippen LogP contribution in [0, 0.1) is 0 Å². The minimum absolute atomic E-state index is 0.121. The Hall–Kier alpha value is -2.50. The molecule has 0 radical (unpaired) electrons. The number of aliphatic carboxylic acids is 1. The first-order valence-corrected chi connectivity index (χ1v) is 6.38. The molecule has 6 heteroatoms. The number of benzene rings is 1. The van der Waals surface area contributed by atoms with E-state index in [9.17, 15) is 9.59 Å². The van der Waals surface area contributed by atoms with Crippen molar-refractivity contribution in [2.45, 2.75) is 19.3 Å². The van der Waals surface area contributed by atoms with E-state index in [0.29, 0.717) is 36.0 Å². The van der Waals surface area contributed by atoms with Gasteiger partial charge in [0.15, 0.2) is 0 Å². The van der Waals surface area contributed by atoms with E-state index in [4.69, 9.17) is 5.11 Å². The number of nitrogens with one attached hydrogen (secondary N) is 1. The van der Waals surface area contributed by atoms with Crippen molar-refractivity contribution in [1.29, 1.82) is 0 Å². The number of carbonyl (C=O) groups is 2. The molecule has 0 bridgehead atoms. The second kappa shape index (κ2) is 6.60. The molecular formula is C14H15N3O3. The Bertz CT molecular complexity index is 623. The lowest BCUT2D eigenvalue weighted by Gasteiger charge is -2.06. The first kappa shape index (κ1) is 13.9. The summed E-state index contributed by atoms with van der Waals surface area (Å²) in [6.07, 6.45) is 4.43. The number of aromatic nitrogens is 2. The number of carboxylic acids is 1. The zero-order chi connectivity index (χ0) is 14.4. The maximum absolute atomic E-state index is 12.1. The molecule has 6 nitrogen and oxygen atoms in total. The molecule has 0 saturated heterocycles. The third-order valence-corrected chi connectivity index (χ3v) is 2.85. The number of hydrogen-bond acceptors (Lipinski definition) is 4. The van der Waals surface area contributed by atoms with Gasteiger partial charge in [0.1, 0.15) is 5.52 Å². The third-order valence-electron chi connectivity index (χ3n) is 2.85. The van der Waals surface area contributed by atoms with Gasteiger partial charge < -0.3 is 10.4 Å². The van der Waals surface area contributed by atoms with Gasteiger partial charge in [-0.15, -0.1) is 0 Å². The van der Waals surface area contributed by atoms with Gasteiger partial charge in [0.25, 0.3) is 5.91 Å². The van der Waals surface area contributed by atoms with Gasteiger partial charge in [-0.25, -0.2) is 0 Å². The molecule has 0 aliphatic rings. The normalized spacial score (nSPS) is 10.4. The van der Waals surface area contributed by atoms with Crippen molar-refractivity contribution >= 4 is 22.9 Å². The van der Waals surface area contributed by atoms with Gasteiger partial charge in [-0.1, -0.05) is 6.07 Å². The van der Waals surface area contributed by atoms with E-state index in [0.717, 1.165) is 0 Å². The molecule has 0 spiro atoms. The monoisotopic (exact) mass is 273 g/mol. The second-order valence-electron chi connectivity index (χ2n) is 4.34. The van der Waals surface area contributed by atoms with E-state index < -0.39 is 5.97 Å². The van der Waals surface area contributed by atoms with Crippen LogP contribution in [0.15, 0.2) is 30.6 Å². The van der Waals surface area contributed by atoms with Crippen LogP contribution in [0.2, 0.25) is 0 Å². The first-order valence-electron chi connectivity index (χ1n) is 6.38. The highest BCUT2D eigenvalue weighted by Gasteiger charge is 2.10. The molecule has 0 atom stereocenters. The van der Waals surface area contributed by atoms with E-state index >= 15 is 0 Å². The van der Waals surface area contributed by atoms with Crippen molar-refractivity contribution in [1.82, 2.24) is 15.3 Å². The number of carbonyl (C=O) groups excluding carboxylic acids is 1. The summed E-state index contributed by atoms with van der Waals surface area (Å²) in [5.41, 5.74) is 1.72. The van der Waals surface area contributed by atoms with Crippen LogP contribution in [-0.2, 0) is 4.79 Å². The predicted octanol–water partition coefficient (Wildman–Crippen LogP) is 1.61. The van der Waals surface area contributed by atoms with Gasteiger partial charge in [0.2, 0.25) is 0 Å². The van der Waals surface area contributed by atoms with Crippen molar-refractivity contribution in [2.75, 3.05) is 6.54 Å². The molecule has 1 amide bonds. The lowest BCUT2D eigenvalue weighted by molar-refractivity contribution is -0.137. The van der Waals surface area contributed by atoms with Gasteiger partial charge in [0, 0.05) is 25.4 Å². The van der Waals surface area contributed by atoms with Crippen LogP contribution < -0.4 is 5.32 Å². The van der Waals surface area contributed by atoms with Crippen LogP contribution in [0.3, 0.4) is 0 Å². The molecule has 2 rings (SSSR count). The molecule has 1 aromatic carbocycles. The van der Waals surface area contributed by atoms with Crippen LogP contribution >= 0.6 is 0 Å². The predicted molar refractivity (Wildman–Crippen MR) is 73.4 cm³/mol. The summed E-state index contributed by atoms with van der Waals surface area (Å²) in [5, 5.41) is 11.3. The van der Waals surface area contributed by atoms with Crippen LogP contribution in [0.1, 0.15) is 29.6 Å². The number of fused-ring (bicyclic) bond motifs is 1. The largest absolute Gasteiger partial charge is 0.481 e. The topological polar surface area (TPSA) is 92.2 Å². The highest BCUT2D eigenvalue weighted by Crippen LogP contribution is 2.13. The average Bonchev–Trinajstić information content (AvgIpc) is 2.45. The fraction of sp³-hybridized carbons (Fsp3) is 0.286. The van der Waals surface area contributed by atoms with Gasteiger partial charge in [0.05, 0.1) is 11.1 Å². The van der Waals surface area contributed by atoms with Crippen LogP contribution in [0.4, 0.5) is 0 Å². The standard InChI is InChI=1S/C14H15N3O3/c18-12(19)6-1-2-7-17-14(20)10-4-3-5-11-13(10)16-9-8-15-11/h3-5,8-9H,1-2,6-7H2,(H,17,20)(H,18,19). The highest BCUT2D eigenvalue weighted by atomic mass is 16.4.